The van der Waals surface area contributed by atoms with Gasteiger partial charge in [0.2, 0.25) is 11.7 Å². The van der Waals surface area contributed by atoms with Gasteiger partial charge in [-0.05, 0) is 30.5 Å². The van der Waals surface area contributed by atoms with Gasteiger partial charge in [-0.3, -0.25) is 0 Å². The number of rotatable bonds is 9. The fraction of sp³-hybridized carbons (Fsp3) is 0.393. The third-order valence-electron chi connectivity index (χ3n) is 7.02. The number of fused-ring (bicyclic) bond motifs is 1. The summed E-state index contributed by atoms with van der Waals surface area (Å²) in [6.45, 7) is 0.121. The maximum atomic E-state index is 13.2. The normalized spacial score (nSPS) is 14.2. The third-order valence-corrected chi connectivity index (χ3v) is 7.02. The van der Waals surface area contributed by atoms with E-state index in [0.29, 0.717) is 45.5 Å². The van der Waals surface area contributed by atoms with Gasteiger partial charge in [0, 0.05) is 30.4 Å². The van der Waals surface area contributed by atoms with E-state index in [4.69, 9.17) is 19.2 Å². The lowest BCUT2D eigenvalue weighted by Gasteiger charge is -2.23. The number of hydrogen-bond donors (Lipinski definition) is 2. The number of aromatic nitrogens is 4. The van der Waals surface area contributed by atoms with E-state index in [1.807, 2.05) is 0 Å². The minimum atomic E-state index is -4.42. The van der Waals surface area contributed by atoms with Gasteiger partial charge >= 0.3 is 6.18 Å². The lowest BCUT2D eigenvalue weighted by molar-refractivity contribution is -0.137. The molecule has 0 atom stereocenters. The van der Waals surface area contributed by atoms with Crippen LogP contribution in [-0.2, 0) is 12.7 Å². The van der Waals surface area contributed by atoms with Crippen molar-refractivity contribution in [2.75, 3.05) is 32.0 Å². The molecule has 0 amide bonds. The number of nitrogens with one attached hydrogen (secondary N) is 2. The molecule has 212 valence electrons. The zero-order chi connectivity index (χ0) is 28.3. The van der Waals surface area contributed by atoms with E-state index in [1.54, 1.807) is 24.5 Å². The van der Waals surface area contributed by atoms with Gasteiger partial charge in [0.25, 0.3) is 0 Å². The summed E-state index contributed by atoms with van der Waals surface area (Å²) in [6, 6.07) is 8.95. The highest BCUT2D eigenvalue weighted by Gasteiger charge is 2.30. The number of hydrogen-bond acceptors (Lipinski definition) is 8. The van der Waals surface area contributed by atoms with Gasteiger partial charge < -0.3 is 29.4 Å². The van der Waals surface area contributed by atoms with Crippen LogP contribution < -0.4 is 24.8 Å². The Labute approximate surface area is 229 Å². The quantitative estimate of drug-likeness (QED) is 0.234. The smallest absolute Gasteiger partial charge is 0.416 e. The van der Waals surface area contributed by atoms with Crippen LogP contribution in [0, 0.1) is 0 Å². The summed E-state index contributed by atoms with van der Waals surface area (Å²) in [7, 11) is 4.59. The average Bonchev–Trinajstić information content (AvgIpc) is 3.39. The molecule has 0 aliphatic heterocycles. The second-order valence-corrected chi connectivity index (χ2v) is 9.60. The van der Waals surface area contributed by atoms with E-state index in [1.165, 1.54) is 33.8 Å². The maximum absolute atomic E-state index is 13.2. The molecule has 0 spiro atoms. The number of nitrogens with zero attached hydrogens (tertiary/aromatic N) is 4. The standard InChI is InChI=1S/C28H31F3N6O3/c1-38-21-13-19(14-22(39-2)24(21)40-3)34-27-35-25(32-15-17-8-7-9-18(12-17)28(29,30)31)23-26(36-27)37(16-33-23)20-10-5-4-6-11-20/h7-9,12-14,16,20H,4-6,10-11,15H2,1-3H3,(H2,32,34,35,36). The Kier molecular flexibility index (Phi) is 7.85. The van der Waals surface area contributed by atoms with Crippen molar-refractivity contribution in [1.29, 1.82) is 0 Å². The van der Waals surface area contributed by atoms with Crippen molar-refractivity contribution >= 4 is 28.6 Å². The summed E-state index contributed by atoms with van der Waals surface area (Å²) in [5, 5.41) is 6.40. The number of anilines is 3. The summed E-state index contributed by atoms with van der Waals surface area (Å²) >= 11 is 0. The third kappa shape index (κ3) is 5.70. The fourth-order valence-corrected chi connectivity index (χ4v) is 5.05. The fourth-order valence-electron chi connectivity index (χ4n) is 5.05. The first kappa shape index (κ1) is 27.4. The lowest BCUT2D eigenvalue weighted by atomic mass is 9.95. The monoisotopic (exact) mass is 556 g/mol. The number of methoxy groups -OCH3 is 3. The zero-order valence-corrected chi connectivity index (χ0v) is 22.5. The number of alkyl halides is 3. The van der Waals surface area contributed by atoms with Gasteiger partial charge in [0.1, 0.15) is 0 Å². The summed E-state index contributed by atoms with van der Waals surface area (Å²) < 4.78 is 58.2. The topological polar surface area (TPSA) is 95.4 Å². The van der Waals surface area contributed by atoms with E-state index in [0.717, 1.165) is 37.8 Å². The average molecular weight is 557 g/mol. The largest absolute Gasteiger partial charge is 0.493 e. The van der Waals surface area contributed by atoms with Crippen LogP contribution in [0.25, 0.3) is 11.2 Å². The minimum absolute atomic E-state index is 0.121. The Morgan fingerprint density at radius 1 is 0.950 bits per heavy atom. The van der Waals surface area contributed by atoms with E-state index in [9.17, 15) is 13.2 Å². The Morgan fingerprint density at radius 3 is 2.33 bits per heavy atom. The number of halogens is 3. The molecule has 2 aromatic heterocycles. The van der Waals surface area contributed by atoms with Gasteiger partial charge in [-0.1, -0.05) is 31.4 Å². The van der Waals surface area contributed by atoms with Gasteiger partial charge in [-0.2, -0.15) is 23.1 Å². The van der Waals surface area contributed by atoms with Crippen molar-refractivity contribution in [1.82, 2.24) is 19.5 Å². The number of ether oxygens (including phenoxy) is 3. The maximum Gasteiger partial charge on any atom is 0.416 e. The molecule has 2 heterocycles. The van der Waals surface area contributed by atoms with Gasteiger partial charge in [-0.25, -0.2) is 4.98 Å². The second kappa shape index (κ2) is 11.5. The van der Waals surface area contributed by atoms with Crippen LogP contribution in [-0.4, -0.2) is 40.8 Å². The summed E-state index contributed by atoms with van der Waals surface area (Å²) in [5.74, 6) is 2.06. The predicted octanol–water partition coefficient (Wildman–Crippen LogP) is 6.73. The molecule has 1 fully saturated rings. The highest BCUT2D eigenvalue weighted by atomic mass is 19.4. The molecule has 0 saturated heterocycles. The zero-order valence-electron chi connectivity index (χ0n) is 22.5. The van der Waals surface area contributed by atoms with Gasteiger partial charge in [0.05, 0.1) is 33.2 Å². The van der Waals surface area contributed by atoms with Crippen LogP contribution in [0.4, 0.5) is 30.6 Å². The van der Waals surface area contributed by atoms with Crippen LogP contribution in [0.5, 0.6) is 17.2 Å². The Hall–Kier alpha value is -4.22. The highest BCUT2D eigenvalue weighted by molar-refractivity contribution is 5.85. The molecule has 5 rings (SSSR count). The van der Waals surface area contributed by atoms with E-state index in [2.05, 4.69) is 25.2 Å². The lowest BCUT2D eigenvalue weighted by Crippen LogP contribution is -2.13. The molecule has 1 aliphatic carbocycles. The van der Waals surface area contributed by atoms with Crippen molar-refractivity contribution in [3.8, 4) is 17.2 Å². The first-order chi connectivity index (χ1) is 19.3. The summed E-state index contributed by atoms with van der Waals surface area (Å²) in [5.41, 5.74) is 1.55. The molecule has 0 unspecified atom stereocenters. The number of benzene rings is 2. The number of imidazole rings is 1. The second-order valence-electron chi connectivity index (χ2n) is 9.60. The molecule has 4 aromatic rings. The van der Waals surface area contributed by atoms with Crippen LogP contribution >= 0.6 is 0 Å². The first-order valence-electron chi connectivity index (χ1n) is 13.0. The molecule has 2 N–H and O–H groups in total. The molecular formula is C28H31F3N6O3. The van der Waals surface area contributed by atoms with Crippen molar-refractivity contribution in [2.24, 2.45) is 0 Å². The Morgan fingerprint density at radius 2 is 1.68 bits per heavy atom. The molecule has 2 aromatic carbocycles. The van der Waals surface area contributed by atoms with E-state index < -0.39 is 11.7 Å². The molecule has 0 bridgehead atoms. The van der Waals surface area contributed by atoms with Crippen molar-refractivity contribution in [3.05, 3.63) is 53.9 Å². The van der Waals surface area contributed by atoms with Crippen molar-refractivity contribution in [3.63, 3.8) is 0 Å². The van der Waals surface area contributed by atoms with Crippen LogP contribution in [0.2, 0.25) is 0 Å². The van der Waals surface area contributed by atoms with Crippen molar-refractivity contribution < 1.29 is 27.4 Å². The minimum Gasteiger partial charge on any atom is -0.493 e. The van der Waals surface area contributed by atoms with Crippen LogP contribution in [0.3, 0.4) is 0 Å². The van der Waals surface area contributed by atoms with Crippen molar-refractivity contribution in [2.45, 2.75) is 50.9 Å². The molecule has 0 radical (unpaired) electrons. The molecular weight excluding hydrogens is 525 g/mol. The molecule has 40 heavy (non-hydrogen) atoms. The first-order valence-corrected chi connectivity index (χ1v) is 13.0. The van der Waals surface area contributed by atoms with Gasteiger partial charge in [0.15, 0.2) is 28.5 Å². The van der Waals surface area contributed by atoms with Gasteiger partial charge in [-0.15, -0.1) is 0 Å². The van der Waals surface area contributed by atoms with Crippen LogP contribution in [0.1, 0.15) is 49.3 Å². The Bertz CT molecular complexity index is 1460. The summed E-state index contributed by atoms with van der Waals surface area (Å²) in [4.78, 5) is 14.0. The summed E-state index contributed by atoms with van der Waals surface area (Å²) in [6.07, 6.45) is 2.87. The molecule has 1 aliphatic rings. The Balaban J connectivity index is 1.52. The molecule has 1 saturated carbocycles. The SMILES string of the molecule is COc1cc(Nc2nc(NCc3cccc(C(F)(F)F)c3)c3ncn(C4CCCCC4)c3n2)cc(OC)c1OC. The molecule has 12 heteroatoms. The predicted molar refractivity (Wildman–Crippen MR) is 146 cm³/mol. The van der Waals surface area contributed by atoms with E-state index >= 15 is 0 Å². The highest BCUT2D eigenvalue weighted by Crippen LogP contribution is 2.41. The van der Waals surface area contributed by atoms with Crippen LogP contribution in [0.15, 0.2) is 42.7 Å². The van der Waals surface area contributed by atoms with E-state index in [-0.39, 0.29) is 18.5 Å². The molecule has 9 nitrogen and oxygen atoms in total.